The number of nitrogens with zero attached hydrogens (tertiary/aromatic N) is 4. The number of likely N-dealkylation sites (tertiary alicyclic amines) is 1. The molecule has 0 spiro atoms. The van der Waals surface area contributed by atoms with Crippen molar-refractivity contribution in [1.29, 1.82) is 0 Å². The van der Waals surface area contributed by atoms with Gasteiger partial charge in [0.05, 0.1) is 0 Å². The van der Waals surface area contributed by atoms with Crippen LogP contribution in [0.15, 0.2) is 24.4 Å². The lowest BCUT2D eigenvalue weighted by atomic mass is 9.96. The largest absolute Gasteiger partial charge is 0.303 e. The Balaban J connectivity index is 1.26. The van der Waals surface area contributed by atoms with Crippen LogP contribution in [0.2, 0.25) is 0 Å². The van der Waals surface area contributed by atoms with Crippen LogP contribution in [0.4, 0.5) is 0 Å². The van der Waals surface area contributed by atoms with Crippen molar-refractivity contribution in [1.82, 2.24) is 25.1 Å². The molecule has 1 N–H and O–H groups in total. The third-order valence-corrected chi connectivity index (χ3v) is 4.85. The summed E-state index contributed by atoms with van der Waals surface area (Å²) < 4.78 is 0. The number of pyridine rings is 1. The third kappa shape index (κ3) is 3.19. The van der Waals surface area contributed by atoms with Crippen LogP contribution < -0.4 is 0 Å². The highest BCUT2D eigenvalue weighted by molar-refractivity contribution is 5.08. The van der Waals surface area contributed by atoms with E-state index in [4.69, 9.17) is 4.98 Å². The van der Waals surface area contributed by atoms with E-state index in [1.54, 1.807) is 0 Å². The number of aromatic amines is 1. The monoisotopic (exact) mass is 297 g/mol. The second kappa shape index (κ2) is 6.16. The van der Waals surface area contributed by atoms with Crippen LogP contribution >= 0.6 is 0 Å². The van der Waals surface area contributed by atoms with Crippen molar-refractivity contribution in [3.05, 3.63) is 41.7 Å². The first-order chi connectivity index (χ1) is 10.9. The summed E-state index contributed by atoms with van der Waals surface area (Å²) in [5.41, 5.74) is 1.19. The van der Waals surface area contributed by atoms with Crippen LogP contribution in [0, 0.1) is 0 Å². The van der Waals surface area contributed by atoms with Gasteiger partial charge in [-0.05, 0) is 50.9 Å². The van der Waals surface area contributed by atoms with E-state index in [1.165, 1.54) is 31.4 Å². The highest BCUT2D eigenvalue weighted by Crippen LogP contribution is 2.38. The minimum absolute atomic E-state index is 0.561. The molecule has 0 bridgehead atoms. The molecule has 2 aromatic heterocycles. The first kappa shape index (κ1) is 13.9. The van der Waals surface area contributed by atoms with E-state index in [1.807, 2.05) is 12.3 Å². The summed E-state index contributed by atoms with van der Waals surface area (Å²) in [7, 11) is 0. The fourth-order valence-corrected chi connectivity index (χ4v) is 3.24. The topological polar surface area (TPSA) is 57.7 Å². The van der Waals surface area contributed by atoms with Gasteiger partial charge in [0.2, 0.25) is 0 Å². The minimum atomic E-state index is 0.561. The van der Waals surface area contributed by atoms with Gasteiger partial charge in [0, 0.05) is 36.7 Å². The van der Waals surface area contributed by atoms with Crippen LogP contribution in [0.5, 0.6) is 0 Å². The Bertz CT molecular complexity index is 597. The van der Waals surface area contributed by atoms with Gasteiger partial charge in [0.1, 0.15) is 5.82 Å². The molecule has 2 aromatic rings. The number of hydrogen-bond acceptors (Lipinski definition) is 4. The number of piperidine rings is 1. The highest BCUT2D eigenvalue weighted by atomic mass is 15.2. The Morgan fingerprint density at radius 2 is 1.95 bits per heavy atom. The van der Waals surface area contributed by atoms with Gasteiger partial charge >= 0.3 is 0 Å². The maximum absolute atomic E-state index is 4.72. The number of aromatic nitrogens is 4. The lowest BCUT2D eigenvalue weighted by Gasteiger charge is -2.30. The van der Waals surface area contributed by atoms with Crippen LogP contribution in [-0.4, -0.2) is 44.7 Å². The van der Waals surface area contributed by atoms with Gasteiger partial charge in [-0.15, -0.1) is 0 Å². The summed E-state index contributed by atoms with van der Waals surface area (Å²) >= 11 is 0. The van der Waals surface area contributed by atoms with Crippen molar-refractivity contribution in [3.63, 3.8) is 0 Å². The summed E-state index contributed by atoms with van der Waals surface area (Å²) in [4.78, 5) is 11.7. The second-order valence-electron chi connectivity index (χ2n) is 6.54. The van der Waals surface area contributed by atoms with Gasteiger partial charge < -0.3 is 4.90 Å². The zero-order valence-electron chi connectivity index (χ0n) is 12.9. The fourth-order valence-electron chi connectivity index (χ4n) is 3.24. The van der Waals surface area contributed by atoms with Gasteiger partial charge in [0.15, 0.2) is 5.82 Å². The Morgan fingerprint density at radius 1 is 1.09 bits per heavy atom. The number of nitrogens with one attached hydrogen (secondary N) is 1. The summed E-state index contributed by atoms with van der Waals surface area (Å²) in [6.07, 6.45) is 7.82. The molecule has 0 aromatic carbocycles. The number of rotatable bonds is 5. The lowest BCUT2D eigenvalue weighted by molar-refractivity contribution is 0.211. The molecular formula is C17H23N5. The Labute approximate surface area is 131 Å². The normalized spacial score (nSPS) is 20.4. The first-order valence-corrected chi connectivity index (χ1v) is 8.43. The van der Waals surface area contributed by atoms with E-state index in [2.05, 4.69) is 32.2 Å². The SMILES string of the molecule is c1ccc(CCN2CCC(c3nc(C4CC4)n[nH]3)CC2)nc1. The van der Waals surface area contributed by atoms with E-state index in [0.717, 1.165) is 37.7 Å². The molecule has 0 atom stereocenters. The third-order valence-electron chi connectivity index (χ3n) is 4.85. The molecule has 0 unspecified atom stereocenters. The Kier molecular flexibility index (Phi) is 3.89. The average molecular weight is 297 g/mol. The average Bonchev–Trinajstić information content (AvgIpc) is 3.32. The van der Waals surface area contributed by atoms with Crippen molar-refractivity contribution < 1.29 is 0 Å². The van der Waals surface area contributed by atoms with Crippen LogP contribution in [0.1, 0.15) is 54.9 Å². The summed E-state index contributed by atoms with van der Waals surface area (Å²) in [6.45, 7) is 3.40. The number of hydrogen-bond donors (Lipinski definition) is 1. The number of H-pyrrole nitrogens is 1. The molecule has 4 rings (SSSR count). The lowest BCUT2D eigenvalue weighted by Crippen LogP contribution is -2.34. The first-order valence-electron chi connectivity index (χ1n) is 8.43. The van der Waals surface area contributed by atoms with Crippen LogP contribution in [0.3, 0.4) is 0 Å². The zero-order valence-corrected chi connectivity index (χ0v) is 12.9. The van der Waals surface area contributed by atoms with Crippen molar-refractivity contribution in [2.45, 2.75) is 43.9 Å². The molecule has 5 heteroatoms. The predicted octanol–water partition coefficient (Wildman–Crippen LogP) is 2.50. The summed E-state index contributed by atoms with van der Waals surface area (Å²) in [6, 6.07) is 6.15. The smallest absolute Gasteiger partial charge is 0.153 e. The van der Waals surface area contributed by atoms with E-state index in [9.17, 15) is 0 Å². The molecule has 0 amide bonds. The molecule has 22 heavy (non-hydrogen) atoms. The van der Waals surface area contributed by atoms with Crippen molar-refractivity contribution in [2.75, 3.05) is 19.6 Å². The van der Waals surface area contributed by atoms with Crippen LogP contribution in [-0.2, 0) is 6.42 Å². The van der Waals surface area contributed by atoms with E-state index < -0.39 is 0 Å². The maximum Gasteiger partial charge on any atom is 0.153 e. The highest BCUT2D eigenvalue weighted by Gasteiger charge is 2.29. The van der Waals surface area contributed by atoms with Crippen LogP contribution in [0.25, 0.3) is 0 Å². The van der Waals surface area contributed by atoms with E-state index in [-0.39, 0.29) is 0 Å². The standard InChI is InChI=1S/C17H23N5/c1-2-9-18-15(3-1)8-12-22-10-6-14(7-11-22)17-19-16(20-21-17)13-4-5-13/h1-3,9,13-14H,4-8,10-12H2,(H,19,20,21). The van der Waals surface area contributed by atoms with Gasteiger partial charge in [-0.3, -0.25) is 10.1 Å². The minimum Gasteiger partial charge on any atom is -0.303 e. The molecular weight excluding hydrogens is 274 g/mol. The summed E-state index contributed by atoms with van der Waals surface area (Å²) in [5, 5.41) is 7.57. The molecule has 2 aliphatic rings. The van der Waals surface area contributed by atoms with Crippen molar-refractivity contribution in [2.24, 2.45) is 0 Å². The van der Waals surface area contributed by atoms with E-state index >= 15 is 0 Å². The van der Waals surface area contributed by atoms with E-state index in [0.29, 0.717) is 11.8 Å². The molecule has 2 fully saturated rings. The molecule has 5 nitrogen and oxygen atoms in total. The van der Waals surface area contributed by atoms with Crippen molar-refractivity contribution >= 4 is 0 Å². The Hall–Kier alpha value is -1.75. The quantitative estimate of drug-likeness (QED) is 0.921. The fraction of sp³-hybridized carbons (Fsp3) is 0.588. The van der Waals surface area contributed by atoms with Crippen molar-refractivity contribution in [3.8, 4) is 0 Å². The molecule has 1 aliphatic heterocycles. The van der Waals surface area contributed by atoms with Gasteiger partial charge in [-0.25, -0.2) is 4.98 Å². The maximum atomic E-state index is 4.72. The summed E-state index contributed by atoms with van der Waals surface area (Å²) in [5.74, 6) is 3.37. The zero-order chi connectivity index (χ0) is 14.8. The second-order valence-corrected chi connectivity index (χ2v) is 6.54. The van der Waals surface area contributed by atoms with Gasteiger partial charge in [-0.1, -0.05) is 6.07 Å². The molecule has 1 aliphatic carbocycles. The molecule has 116 valence electrons. The molecule has 3 heterocycles. The predicted molar refractivity (Wildman–Crippen MR) is 84.7 cm³/mol. The van der Waals surface area contributed by atoms with Gasteiger partial charge in [0.25, 0.3) is 0 Å². The molecule has 1 saturated heterocycles. The Morgan fingerprint density at radius 3 is 2.68 bits per heavy atom. The van der Waals surface area contributed by atoms with Gasteiger partial charge in [-0.2, -0.15) is 5.10 Å². The molecule has 1 saturated carbocycles. The molecule has 0 radical (unpaired) electrons.